The van der Waals surface area contributed by atoms with Gasteiger partial charge in [-0.25, -0.2) is 0 Å². The third-order valence-electron chi connectivity index (χ3n) is 3.57. The van der Waals surface area contributed by atoms with Crippen LogP contribution in [-0.2, 0) is 13.6 Å². The van der Waals surface area contributed by atoms with E-state index in [0.717, 1.165) is 25.5 Å². The molecule has 0 unspecified atom stereocenters. The topological polar surface area (TPSA) is 20.5 Å². The Morgan fingerprint density at radius 1 is 1.29 bits per heavy atom. The number of benzene rings is 1. The van der Waals surface area contributed by atoms with Crippen LogP contribution in [0.2, 0.25) is 0 Å². The van der Waals surface area contributed by atoms with Gasteiger partial charge in [-0.2, -0.15) is 0 Å². The summed E-state index contributed by atoms with van der Waals surface area (Å²) in [7, 11) is 2.14. The minimum absolute atomic E-state index is 0.940. The van der Waals surface area contributed by atoms with Crippen molar-refractivity contribution in [1.82, 2.24) is 9.47 Å². The Bertz CT molecular complexity index is 580. The molecule has 0 spiro atoms. The van der Waals surface area contributed by atoms with Crippen LogP contribution in [0.3, 0.4) is 0 Å². The van der Waals surface area contributed by atoms with Crippen molar-refractivity contribution in [3.63, 3.8) is 0 Å². The van der Waals surface area contributed by atoms with E-state index in [9.17, 15) is 0 Å². The summed E-state index contributed by atoms with van der Waals surface area (Å²) in [6.07, 6.45) is 0. The largest absolute Gasteiger partial charge is 0.353 e. The number of rotatable bonds is 2. The van der Waals surface area contributed by atoms with Gasteiger partial charge >= 0.3 is 0 Å². The first-order valence-electron chi connectivity index (χ1n) is 6.05. The molecule has 0 N–H and O–H groups in total. The fourth-order valence-corrected chi connectivity index (χ4v) is 2.48. The molecular weight excluding hydrogens is 210 g/mol. The molecule has 2 aromatic rings. The number of hydrogen-bond acceptors (Lipinski definition) is 2. The number of aryl methyl sites for hydroxylation is 1. The zero-order valence-corrected chi connectivity index (χ0v) is 10.3. The highest BCUT2D eigenvalue weighted by Gasteiger charge is 2.15. The lowest BCUT2D eigenvalue weighted by Gasteiger charge is -2.18. The molecule has 3 heteroatoms. The van der Waals surface area contributed by atoms with Crippen molar-refractivity contribution >= 4 is 16.7 Å². The van der Waals surface area contributed by atoms with E-state index in [1.807, 2.05) is 0 Å². The lowest BCUT2D eigenvalue weighted by molar-refractivity contribution is 0.438. The van der Waals surface area contributed by atoms with E-state index in [0.29, 0.717) is 0 Å². The normalized spacial score (nSPS) is 15.6. The second-order valence-electron chi connectivity index (χ2n) is 4.60. The second-order valence-corrected chi connectivity index (χ2v) is 4.60. The maximum atomic E-state index is 4.43. The molecule has 0 amide bonds. The van der Waals surface area contributed by atoms with Crippen molar-refractivity contribution in [2.45, 2.75) is 13.5 Å². The Morgan fingerprint density at radius 2 is 2.12 bits per heavy atom. The van der Waals surface area contributed by atoms with Crippen LogP contribution < -0.4 is 0 Å². The van der Waals surface area contributed by atoms with E-state index in [-0.39, 0.29) is 0 Å². The monoisotopic (exact) mass is 227 g/mol. The molecule has 1 aromatic heterocycles. The molecule has 88 valence electrons. The molecule has 0 saturated heterocycles. The summed E-state index contributed by atoms with van der Waals surface area (Å²) in [6, 6.07) is 10.8. The quantitative estimate of drug-likeness (QED) is 0.771. The van der Waals surface area contributed by atoms with Gasteiger partial charge in [0.25, 0.3) is 0 Å². The Hall–Kier alpha value is -1.77. The SMILES string of the molecule is CC1=NCCN1Cc1cc2ccccc2n1C. The van der Waals surface area contributed by atoms with Crippen LogP contribution in [0.1, 0.15) is 12.6 Å². The van der Waals surface area contributed by atoms with Gasteiger partial charge in [-0.05, 0) is 24.4 Å². The van der Waals surface area contributed by atoms with Crippen LogP contribution in [0.5, 0.6) is 0 Å². The predicted molar refractivity (Wildman–Crippen MR) is 71.3 cm³/mol. The van der Waals surface area contributed by atoms with Crippen molar-refractivity contribution in [3.05, 3.63) is 36.0 Å². The van der Waals surface area contributed by atoms with Crippen molar-refractivity contribution in [2.24, 2.45) is 12.0 Å². The maximum absolute atomic E-state index is 4.43. The Balaban J connectivity index is 1.95. The van der Waals surface area contributed by atoms with Gasteiger partial charge in [-0.15, -0.1) is 0 Å². The highest BCUT2D eigenvalue weighted by atomic mass is 15.2. The highest BCUT2D eigenvalue weighted by Crippen LogP contribution is 2.20. The van der Waals surface area contributed by atoms with Crippen LogP contribution in [-0.4, -0.2) is 28.4 Å². The van der Waals surface area contributed by atoms with Crippen molar-refractivity contribution in [3.8, 4) is 0 Å². The number of amidine groups is 1. The van der Waals surface area contributed by atoms with E-state index in [1.165, 1.54) is 16.6 Å². The second kappa shape index (κ2) is 3.91. The summed E-state index contributed by atoms with van der Waals surface area (Å²) in [4.78, 5) is 6.77. The average molecular weight is 227 g/mol. The van der Waals surface area contributed by atoms with Crippen LogP contribution in [0, 0.1) is 0 Å². The molecule has 0 radical (unpaired) electrons. The minimum Gasteiger partial charge on any atom is -0.353 e. The fourth-order valence-electron chi connectivity index (χ4n) is 2.48. The van der Waals surface area contributed by atoms with Gasteiger partial charge in [0.1, 0.15) is 0 Å². The highest BCUT2D eigenvalue weighted by molar-refractivity contribution is 5.83. The van der Waals surface area contributed by atoms with Crippen molar-refractivity contribution in [2.75, 3.05) is 13.1 Å². The molecule has 3 nitrogen and oxygen atoms in total. The van der Waals surface area contributed by atoms with Crippen LogP contribution in [0.25, 0.3) is 10.9 Å². The van der Waals surface area contributed by atoms with Crippen LogP contribution in [0.15, 0.2) is 35.3 Å². The first kappa shape index (κ1) is 10.4. The lowest BCUT2D eigenvalue weighted by atomic mass is 10.2. The van der Waals surface area contributed by atoms with E-state index in [2.05, 4.69) is 58.8 Å². The molecule has 3 rings (SSSR count). The smallest absolute Gasteiger partial charge is 0.0962 e. The van der Waals surface area contributed by atoms with Gasteiger partial charge in [0.2, 0.25) is 0 Å². The zero-order chi connectivity index (χ0) is 11.8. The molecule has 1 aliphatic heterocycles. The van der Waals surface area contributed by atoms with E-state index in [4.69, 9.17) is 0 Å². The standard InChI is InChI=1S/C14H17N3/c1-11-15-7-8-17(11)10-13-9-12-5-3-4-6-14(12)16(13)2/h3-6,9H,7-8,10H2,1-2H3. The summed E-state index contributed by atoms with van der Waals surface area (Å²) in [5.41, 5.74) is 2.65. The van der Waals surface area contributed by atoms with Gasteiger partial charge in [-0.1, -0.05) is 18.2 Å². The van der Waals surface area contributed by atoms with Gasteiger partial charge < -0.3 is 9.47 Å². The summed E-state index contributed by atoms with van der Waals surface area (Å²) in [5.74, 6) is 1.16. The van der Waals surface area contributed by atoms with Crippen molar-refractivity contribution < 1.29 is 0 Å². The number of fused-ring (bicyclic) bond motifs is 1. The number of nitrogens with zero attached hydrogens (tertiary/aromatic N) is 3. The van der Waals surface area contributed by atoms with E-state index in [1.54, 1.807) is 0 Å². The summed E-state index contributed by atoms with van der Waals surface area (Å²) in [5, 5.41) is 1.32. The van der Waals surface area contributed by atoms with Crippen molar-refractivity contribution in [1.29, 1.82) is 0 Å². The molecule has 17 heavy (non-hydrogen) atoms. The number of hydrogen-bond donors (Lipinski definition) is 0. The van der Waals surface area contributed by atoms with Gasteiger partial charge in [0.15, 0.2) is 0 Å². The third kappa shape index (κ3) is 1.71. The molecule has 2 heterocycles. The summed E-state index contributed by atoms with van der Waals surface area (Å²) in [6.45, 7) is 5.04. The molecule has 0 aliphatic carbocycles. The van der Waals surface area contributed by atoms with Gasteiger partial charge in [-0.3, -0.25) is 4.99 Å². The van der Waals surface area contributed by atoms with Gasteiger partial charge in [0, 0.05) is 24.8 Å². The summed E-state index contributed by atoms with van der Waals surface area (Å²) >= 11 is 0. The molecule has 0 saturated carbocycles. The molecule has 1 aliphatic rings. The maximum Gasteiger partial charge on any atom is 0.0962 e. The number of aromatic nitrogens is 1. The lowest BCUT2D eigenvalue weighted by Crippen LogP contribution is -2.25. The molecule has 0 fully saturated rings. The van der Waals surface area contributed by atoms with Gasteiger partial charge in [0.05, 0.1) is 18.9 Å². The zero-order valence-electron chi connectivity index (χ0n) is 10.3. The number of para-hydroxylation sites is 1. The minimum atomic E-state index is 0.940. The molecular formula is C14H17N3. The predicted octanol–water partition coefficient (Wildman–Crippen LogP) is 2.41. The Labute approximate surface area is 101 Å². The first-order valence-corrected chi connectivity index (χ1v) is 6.05. The van der Waals surface area contributed by atoms with Crippen LogP contribution >= 0.6 is 0 Å². The fraction of sp³-hybridized carbons (Fsp3) is 0.357. The van der Waals surface area contributed by atoms with E-state index < -0.39 is 0 Å². The molecule has 0 atom stereocenters. The first-order chi connectivity index (χ1) is 8.25. The Kier molecular flexibility index (Phi) is 2.39. The van der Waals surface area contributed by atoms with E-state index >= 15 is 0 Å². The average Bonchev–Trinajstić information content (AvgIpc) is 2.87. The molecule has 0 bridgehead atoms. The molecule has 1 aromatic carbocycles. The number of aliphatic imine (C=N–C) groups is 1. The third-order valence-corrected chi connectivity index (χ3v) is 3.57. The Morgan fingerprint density at radius 3 is 2.82 bits per heavy atom. The summed E-state index contributed by atoms with van der Waals surface area (Å²) < 4.78 is 2.28. The van der Waals surface area contributed by atoms with Crippen LogP contribution in [0.4, 0.5) is 0 Å².